The Hall–Kier alpha value is -1.48. The van der Waals surface area contributed by atoms with E-state index in [1.807, 2.05) is 18.2 Å². The van der Waals surface area contributed by atoms with Gasteiger partial charge < -0.3 is 9.47 Å². The SMILES string of the molecule is COc1cccc2c1C(Cl)=C1C(=O)OCC1CC2. The van der Waals surface area contributed by atoms with Gasteiger partial charge in [-0.25, -0.2) is 4.79 Å². The van der Waals surface area contributed by atoms with E-state index in [1.165, 1.54) is 0 Å². The Morgan fingerprint density at radius 3 is 3.06 bits per heavy atom. The van der Waals surface area contributed by atoms with Crippen molar-refractivity contribution < 1.29 is 14.3 Å². The molecule has 0 bridgehead atoms. The van der Waals surface area contributed by atoms with Crippen molar-refractivity contribution in [3.63, 3.8) is 0 Å². The van der Waals surface area contributed by atoms with Gasteiger partial charge in [-0.05, 0) is 24.5 Å². The number of methoxy groups -OCH3 is 1. The molecule has 1 aromatic carbocycles. The van der Waals surface area contributed by atoms with Gasteiger partial charge in [-0.1, -0.05) is 23.7 Å². The predicted octanol–water partition coefficient (Wildman–Crippen LogP) is 2.76. The summed E-state index contributed by atoms with van der Waals surface area (Å²) >= 11 is 6.43. The summed E-state index contributed by atoms with van der Waals surface area (Å²) in [5, 5.41) is 0.493. The molecule has 0 aromatic heterocycles. The Morgan fingerprint density at radius 2 is 2.28 bits per heavy atom. The number of carbonyl (C=O) groups is 1. The van der Waals surface area contributed by atoms with Gasteiger partial charge in [0.05, 0.1) is 24.3 Å². The summed E-state index contributed by atoms with van der Waals surface area (Å²) in [6, 6.07) is 5.85. The Bertz CT molecular complexity index is 548. The van der Waals surface area contributed by atoms with Gasteiger partial charge in [-0.2, -0.15) is 0 Å². The van der Waals surface area contributed by atoms with Crippen LogP contribution in [0.1, 0.15) is 17.5 Å². The lowest BCUT2D eigenvalue weighted by molar-refractivity contribution is -0.135. The fourth-order valence-electron chi connectivity index (χ4n) is 2.67. The zero-order valence-corrected chi connectivity index (χ0v) is 10.8. The Kier molecular flexibility index (Phi) is 2.78. The number of rotatable bonds is 1. The van der Waals surface area contributed by atoms with E-state index in [0.717, 1.165) is 24.0 Å². The van der Waals surface area contributed by atoms with Crippen molar-refractivity contribution in [2.75, 3.05) is 13.7 Å². The lowest BCUT2D eigenvalue weighted by Gasteiger charge is -2.11. The fourth-order valence-corrected chi connectivity index (χ4v) is 3.12. The number of benzene rings is 1. The number of esters is 1. The number of ether oxygens (including phenoxy) is 2. The number of fused-ring (bicyclic) bond motifs is 2. The minimum Gasteiger partial charge on any atom is -0.496 e. The van der Waals surface area contributed by atoms with E-state index >= 15 is 0 Å². The second kappa shape index (κ2) is 4.32. The van der Waals surface area contributed by atoms with E-state index in [-0.39, 0.29) is 11.9 Å². The second-order valence-electron chi connectivity index (χ2n) is 4.56. The molecule has 1 heterocycles. The monoisotopic (exact) mass is 264 g/mol. The summed E-state index contributed by atoms with van der Waals surface area (Å²) in [5.41, 5.74) is 2.59. The van der Waals surface area contributed by atoms with Gasteiger partial charge in [0.1, 0.15) is 5.75 Å². The second-order valence-corrected chi connectivity index (χ2v) is 4.93. The van der Waals surface area contributed by atoms with Crippen LogP contribution in [0.25, 0.3) is 5.03 Å². The molecule has 1 aromatic rings. The smallest absolute Gasteiger partial charge is 0.335 e. The third-order valence-electron chi connectivity index (χ3n) is 3.59. The van der Waals surface area contributed by atoms with Crippen LogP contribution >= 0.6 is 11.6 Å². The van der Waals surface area contributed by atoms with Crippen LogP contribution in [-0.4, -0.2) is 19.7 Å². The molecule has 2 aliphatic rings. The molecule has 1 fully saturated rings. The molecule has 3 nitrogen and oxygen atoms in total. The molecule has 1 aliphatic heterocycles. The number of cyclic esters (lactones) is 1. The van der Waals surface area contributed by atoms with Crippen LogP contribution in [0.5, 0.6) is 5.75 Å². The number of halogens is 1. The average molecular weight is 265 g/mol. The van der Waals surface area contributed by atoms with Crippen molar-refractivity contribution in [1.82, 2.24) is 0 Å². The van der Waals surface area contributed by atoms with Crippen LogP contribution in [0.3, 0.4) is 0 Å². The van der Waals surface area contributed by atoms with Crippen LogP contribution in [0.2, 0.25) is 0 Å². The molecule has 1 atom stereocenters. The number of hydrogen-bond donors (Lipinski definition) is 0. The summed E-state index contributed by atoms with van der Waals surface area (Å²) in [7, 11) is 1.61. The van der Waals surface area contributed by atoms with Gasteiger partial charge in [0, 0.05) is 11.5 Å². The summed E-state index contributed by atoms with van der Waals surface area (Å²) < 4.78 is 10.4. The molecule has 0 amide bonds. The highest BCUT2D eigenvalue weighted by atomic mass is 35.5. The van der Waals surface area contributed by atoms with Gasteiger partial charge >= 0.3 is 5.97 Å². The van der Waals surface area contributed by atoms with Gasteiger partial charge in [0.15, 0.2) is 0 Å². The molecule has 0 spiro atoms. The maximum Gasteiger partial charge on any atom is 0.335 e. The fraction of sp³-hybridized carbons (Fsp3) is 0.357. The molecule has 3 rings (SSSR count). The van der Waals surface area contributed by atoms with E-state index in [9.17, 15) is 4.79 Å². The van der Waals surface area contributed by atoms with Gasteiger partial charge in [-0.15, -0.1) is 0 Å². The van der Waals surface area contributed by atoms with E-state index in [0.29, 0.717) is 23.0 Å². The van der Waals surface area contributed by atoms with E-state index in [1.54, 1.807) is 7.11 Å². The van der Waals surface area contributed by atoms with E-state index < -0.39 is 0 Å². The van der Waals surface area contributed by atoms with Crippen molar-refractivity contribution in [2.24, 2.45) is 5.92 Å². The van der Waals surface area contributed by atoms with Crippen LogP contribution in [0.15, 0.2) is 23.8 Å². The lowest BCUT2D eigenvalue weighted by Crippen LogP contribution is -2.03. The molecule has 1 saturated heterocycles. The van der Waals surface area contributed by atoms with Crippen LogP contribution in [0, 0.1) is 5.92 Å². The maximum absolute atomic E-state index is 11.8. The number of aryl methyl sites for hydroxylation is 1. The van der Waals surface area contributed by atoms with Crippen LogP contribution in [0.4, 0.5) is 0 Å². The quantitative estimate of drug-likeness (QED) is 0.732. The molecule has 0 saturated carbocycles. The predicted molar refractivity (Wildman–Crippen MR) is 68.5 cm³/mol. The standard InChI is InChI=1S/C14H13ClO3/c1-17-10-4-2-3-8-5-6-9-7-18-14(16)12(9)13(15)11(8)10/h2-4,9H,5-7H2,1H3. The molecule has 4 heteroatoms. The highest BCUT2D eigenvalue weighted by Crippen LogP contribution is 2.43. The Balaban J connectivity index is 2.24. The topological polar surface area (TPSA) is 35.5 Å². The van der Waals surface area contributed by atoms with Crippen molar-refractivity contribution in [1.29, 1.82) is 0 Å². The first-order chi connectivity index (χ1) is 8.72. The van der Waals surface area contributed by atoms with Gasteiger partial charge in [0.2, 0.25) is 0 Å². The maximum atomic E-state index is 11.8. The van der Waals surface area contributed by atoms with Crippen LogP contribution < -0.4 is 4.74 Å². The van der Waals surface area contributed by atoms with Crippen molar-refractivity contribution in [2.45, 2.75) is 12.8 Å². The zero-order valence-electron chi connectivity index (χ0n) is 10.0. The minimum absolute atomic E-state index is 0.113. The third kappa shape index (κ3) is 1.62. The molecular formula is C14H13ClO3. The van der Waals surface area contributed by atoms with E-state index in [2.05, 4.69) is 0 Å². The molecule has 18 heavy (non-hydrogen) atoms. The highest BCUT2D eigenvalue weighted by Gasteiger charge is 2.36. The lowest BCUT2D eigenvalue weighted by atomic mass is 9.98. The Labute approximate surface area is 110 Å². The first-order valence-corrected chi connectivity index (χ1v) is 6.33. The van der Waals surface area contributed by atoms with Crippen molar-refractivity contribution in [3.8, 4) is 5.75 Å². The average Bonchev–Trinajstić information content (AvgIpc) is 2.68. The van der Waals surface area contributed by atoms with E-state index in [4.69, 9.17) is 21.1 Å². The van der Waals surface area contributed by atoms with Gasteiger partial charge in [-0.3, -0.25) is 0 Å². The molecule has 1 aliphatic carbocycles. The molecule has 0 radical (unpaired) electrons. The van der Waals surface area contributed by atoms with Crippen molar-refractivity contribution in [3.05, 3.63) is 34.9 Å². The first kappa shape index (κ1) is 11.6. The zero-order chi connectivity index (χ0) is 12.7. The van der Waals surface area contributed by atoms with Gasteiger partial charge in [0.25, 0.3) is 0 Å². The Morgan fingerprint density at radius 1 is 1.44 bits per heavy atom. The summed E-state index contributed by atoms with van der Waals surface area (Å²) in [6.45, 7) is 0.445. The molecule has 0 N–H and O–H groups in total. The third-order valence-corrected chi connectivity index (χ3v) is 3.99. The highest BCUT2D eigenvalue weighted by molar-refractivity contribution is 6.51. The minimum atomic E-state index is -0.288. The van der Waals surface area contributed by atoms with Crippen LogP contribution in [-0.2, 0) is 16.0 Å². The number of carbonyl (C=O) groups excluding carboxylic acids is 1. The summed E-state index contributed by atoms with van der Waals surface area (Å²) in [4.78, 5) is 11.8. The molecule has 1 unspecified atom stereocenters. The normalized spacial score (nSPS) is 22.1. The molecular weight excluding hydrogens is 252 g/mol. The van der Waals surface area contributed by atoms with Crippen molar-refractivity contribution >= 4 is 22.6 Å². The number of hydrogen-bond acceptors (Lipinski definition) is 3. The first-order valence-electron chi connectivity index (χ1n) is 5.95. The molecule has 94 valence electrons. The summed E-state index contributed by atoms with van der Waals surface area (Å²) in [6.07, 6.45) is 1.77. The summed E-state index contributed by atoms with van der Waals surface area (Å²) in [5.74, 6) is 0.538. The largest absolute Gasteiger partial charge is 0.496 e.